The Bertz CT molecular complexity index is 1120. The first-order valence-corrected chi connectivity index (χ1v) is 10.2. The summed E-state index contributed by atoms with van der Waals surface area (Å²) in [6.45, 7) is 0.572. The molecule has 0 unspecified atom stereocenters. The molecular formula is C24H21N3O4S. The molecule has 0 aliphatic rings. The Hall–Kier alpha value is -4.04. The van der Waals surface area contributed by atoms with Gasteiger partial charge in [0.05, 0.1) is 11.5 Å². The third-order valence-electron chi connectivity index (χ3n) is 4.36. The summed E-state index contributed by atoms with van der Waals surface area (Å²) in [6, 6.07) is 23.3. The van der Waals surface area contributed by atoms with E-state index in [9.17, 15) is 14.9 Å². The van der Waals surface area contributed by atoms with Crippen molar-refractivity contribution in [3.63, 3.8) is 0 Å². The van der Waals surface area contributed by atoms with Crippen LogP contribution in [-0.2, 0) is 11.2 Å². The summed E-state index contributed by atoms with van der Waals surface area (Å²) < 4.78 is 5.75. The van der Waals surface area contributed by atoms with Gasteiger partial charge >= 0.3 is 0 Å². The van der Waals surface area contributed by atoms with Crippen molar-refractivity contribution in [3.8, 4) is 5.75 Å². The summed E-state index contributed by atoms with van der Waals surface area (Å²) in [7, 11) is 0. The maximum Gasteiger partial charge on any atom is 0.270 e. The molecule has 0 fully saturated rings. The highest BCUT2D eigenvalue weighted by atomic mass is 32.1. The number of nitrogens with zero attached hydrogens (tertiary/aromatic N) is 1. The molecule has 2 N–H and O–H groups in total. The monoisotopic (exact) mass is 447 g/mol. The molecule has 0 spiro atoms. The van der Waals surface area contributed by atoms with Gasteiger partial charge in [0.2, 0.25) is 5.91 Å². The van der Waals surface area contributed by atoms with Crippen LogP contribution in [-0.4, -0.2) is 22.5 Å². The van der Waals surface area contributed by atoms with Gasteiger partial charge in [-0.05, 0) is 53.7 Å². The van der Waals surface area contributed by atoms with Crippen molar-refractivity contribution in [1.82, 2.24) is 5.32 Å². The fraction of sp³-hybridized carbons (Fsp3) is 0.0833. The molecule has 0 aliphatic heterocycles. The largest absolute Gasteiger partial charge is 0.493 e. The molecule has 8 heteroatoms. The molecule has 0 bridgehead atoms. The smallest absolute Gasteiger partial charge is 0.270 e. The van der Waals surface area contributed by atoms with Gasteiger partial charge in [-0.25, -0.2) is 0 Å². The van der Waals surface area contributed by atoms with Crippen molar-refractivity contribution in [1.29, 1.82) is 0 Å². The summed E-state index contributed by atoms with van der Waals surface area (Å²) in [5, 5.41) is 16.4. The Kier molecular flexibility index (Phi) is 8.05. The first-order chi connectivity index (χ1) is 15.5. The molecule has 3 aromatic carbocycles. The van der Waals surface area contributed by atoms with Crippen molar-refractivity contribution in [3.05, 3.63) is 106 Å². The van der Waals surface area contributed by atoms with Gasteiger partial charge in [-0.15, -0.1) is 0 Å². The lowest BCUT2D eigenvalue weighted by atomic mass is 10.2. The number of hydrogen-bond acceptors (Lipinski definition) is 5. The average molecular weight is 448 g/mol. The predicted octanol–water partition coefficient (Wildman–Crippen LogP) is 4.74. The number of nitro benzene ring substituents is 1. The molecule has 0 aliphatic carbocycles. The van der Waals surface area contributed by atoms with E-state index in [1.165, 1.54) is 29.8 Å². The zero-order valence-electron chi connectivity index (χ0n) is 17.1. The van der Waals surface area contributed by atoms with Crippen LogP contribution in [0.3, 0.4) is 0 Å². The van der Waals surface area contributed by atoms with Crippen LogP contribution in [0.1, 0.15) is 11.1 Å². The maximum atomic E-state index is 12.0. The number of amides is 1. The van der Waals surface area contributed by atoms with Gasteiger partial charge in [-0.3, -0.25) is 20.2 Å². The van der Waals surface area contributed by atoms with Crippen LogP contribution in [0.15, 0.2) is 84.9 Å². The normalized spacial score (nSPS) is 10.5. The Morgan fingerprint density at radius 1 is 1.03 bits per heavy atom. The Balaban J connectivity index is 1.44. The van der Waals surface area contributed by atoms with Crippen molar-refractivity contribution in [2.75, 3.05) is 11.9 Å². The van der Waals surface area contributed by atoms with E-state index in [1.807, 2.05) is 30.3 Å². The van der Waals surface area contributed by atoms with Crippen molar-refractivity contribution in [2.45, 2.75) is 6.42 Å². The lowest BCUT2D eigenvalue weighted by Crippen LogP contribution is -2.32. The third-order valence-corrected chi connectivity index (χ3v) is 4.56. The third kappa shape index (κ3) is 7.33. The summed E-state index contributed by atoms with van der Waals surface area (Å²) in [4.78, 5) is 22.4. The number of hydrogen-bond donors (Lipinski definition) is 2. The van der Waals surface area contributed by atoms with Crippen LogP contribution in [0.5, 0.6) is 5.75 Å². The van der Waals surface area contributed by atoms with Crippen LogP contribution in [0.4, 0.5) is 11.4 Å². The minimum Gasteiger partial charge on any atom is -0.493 e. The van der Waals surface area contributed by atoms with Crippen molar-refractivity contribution >= 4 is 40.7 Å². The maximum absolute atomic E-state index is 12.0. The molecule has 3 rings (SSSR count). The summed E-state index contributed by atoms with van der Waals surface area (Å²) in [5.74, 6) is 0.288. The molecule has 0 atom stereocenters. The van der Waals surface area contributed by atoms with Crippen LogP contribution in [0.25, 0.3) is 6.08 Å². The molecular weight excluding hydrogens is 426 g/mol. The van der Waals surface area contributed by atoms with Gasteiger partial charge in [0.1, 0.15) is 5.75 Å². The SMILES string of the molecule is O=C(/C=C/c1cccc([N+](=O)[O-])c1)NC(=S)Nc1ccc(OCCc2ccccc2)cc1. The Morgan fingerprint density at radius 3 is 2.50 bits per heavy atom. The molecule has 3 aromatic rings. The second-order valence-electron chi connectivity index (χ2n) is 6.74. The number of anilines is 1. The number of thiocarbonyl (C=S) groups is 1. The lowest BCUT2D eigenvalue weighted by Gasteiger charge is -2.10. The Morgan fingerprint density at radius 2 is 1.78 bits per heavy atom. The number of rotatable bonds is 8. The molecule has 162 valence electrons. The second-order valence-corrected chi connectivity index (χ2v) is 7.15. The molecule has 0 saturated carbocycles. The molecule has 0 radical (unpaired) electrons. The van der Waals surface area contributed by atoms with Crippen LogP contribution < -0.4 is 15.4 Å². The summed E-state index contributed by atoms with van der Waals surface area (Å²) in [5.41, 5.74) is 2.41. The van der Waals surface area contributed by atoms with Gasteiger partial charge in [0, 0.05) is 30.3 Å². The first kappa shape index (κ1) is 22.6. The second kappa shape index (κ2) is 11.4. The van der Waals surface area contributed by atoms with Gasteiger partial charge in [0.25, 0.3) is 5.69 Å². The number of nitrogens with one attached hydrogen (secondary N) is 2. The number of nitro groups is 1. The van der Waals surface area contributed by atoms with E-state index >= 15 is 0 Å². The number of carbonyl (C=O) groups is 1. The van der Waals surface area contributed by atoms with Crippen LogP contribution in [0, 0.1) is 10.1 Å². The van der Waals surface area contributed by atoms with Crippen LogP contribution >= 0.6 is 12.2 Å². The first-order valence-electron chi connectivity index (χ1n) is 9.81. The fourth-order valence-corrected chi connectivity index (χ4v) is 3.01. The quantitative estimate of drug-likeness (QED) is 0.224. The standard InChI is InChI=1S/C24H21N3O4S/c28-23(14-9-19-7-4-8-21(17-19)27(29)30)26-24(32)25-20-10-12-22(13-11-20)31-16-15-18-5-2-1-3-6-18/h1-14,17H,15-16H2,(H2,25,26,28,32)/b14-9+. The van der Waals surface area contributed by atoms with E-state index in [1.54, 1.807) is 24.3 Å². The predicted molar refractivity (Wildman–Crippen MR) is 129 cm³/mol. The lowest BCUT2D eigenvalue weighted by molar-refractivity contribution is -0.384. The molecule has 0 heterocycles. The van der Waals surface area contributed by atoms with E-state index in [-0.39, 0.29) is 10.8 Å². The van der Waals surface area contributed by atoms with Gasteiger partial charge < -0.3 is 10.1 Å². The minimum absolute atomic E-state index is 0.0442. The number of ether oxygens (including phenoxy) is 1. The highest BCUT2D eigenvalue weighted by Gasteiger charge is 2.05. The molecule has 7 nitrogen and oxygen atoms in total. The zero-order valence-corrected chi connectivity index (χ0v) is 17.9. The average Bonchev–Trinajstić information content (AvgIpc) is 2.80. The van der Waals surface area contributed by atoms with E-state index in [4.69, 9.17) is 17.0 Å². The number of non-ortho nitro benzene ring substituents is 1. The highest BCUT2D eigenvalue weighted by molar-refractivity contribution is 7.80. The van der Waals surface area contributed by atoms with Gasteiger partial charge in [-0.2, -0.15) is 0 Å². The summed E-state index contributed by atoms with van der Waals surface area (Å²) in [6.07, 6.45) is 3.56. The zero-order chi connectivity index (χ0) is 22.8. The number of benzene rings is 3. The molecule has 0 aromatic heterocycles. The van der Waals surface area contributed by atoms with E-state index in [0.29, 0.717) is 17.9 Å². The van der Waals surface area contributed by atoms with E-state index < -0.39 is 10.8 Å². The highest BCUT2D eigenvalue weighted by Crippen LogP contribution is 2.16. The van der Waals surface area contributed by atoms with Crippen molar-refractivity contribution < 1.29 is 14.5 Å². The van der Waals surface area contributed by atoms with E-state index in [2.05, 4.69) is 22.8 Å². The topological polar surface area (TPSA) is 93.5 Å². The molecule has 32 heavy (non-hydrogen) atoms. The fourth-order valence-electron chi connectivity index (χ4n) is 2.80. The molecule has 0 saturated heterocycles. The van der Waals surface area contributed by atoms with Gasteiger partial charge in [-0.1, -0.05) is 42.5 Å². The summed E-state index contributed by atoms with van der Waals surface area (Å²) >= 11 is 5.16. The van der Waals surface area contributed by atoms with Crippen molar-refractivity contribution in [2.24, 2.45) is 0 Å². The van der Waals surface area contributed by atoms with Gasteiger partial charge in [0.15, 0.2) is 5.11 Å². The number of carbonyl (C=O) groups excluding carboxylic acids is 1. The molecule has 1 amide bonds. The van der Waals surface area contributed by atoms with Crippen LogP contribution in [0.2, 0.25) is 0 Å². The van der Waals surface area contributed by atoms with E-state index in [0.717, 1.165) is 12.2 Å². The minimum atomic E-state index is -0.490. The Labute approximate surface area is 190 Å².